The van der Waals surface area contributed by atoms with Gasteiger partial charge in [0.05, 0.1) is 5.60 Å². The molecule has 0 aromatic carbocycles. The van der Waals surface area contributed by atoms with Gasteiger partial charge in [-0.15, -0.1) is 0 Å². The van der Waals surface area contributed by atoms with Gasteiger partial charge in [0.2, 0.25) is 0 Å². The zero-order chi connectivity index (χ0) is 16.6. The molecule has 124 valence electrons. The van der Waals surface area contributed by atoms with E-state index < -0.39 is 11.6 Å². The van der Waals surface area contributed by atoms with Crippen molar-refractivity contribution in [2.45, 2.75) is 62.3 Å². The van der Waals surface area contributed by atoms with Crippen molar-refractivity contribution in [3.63, 3.8) is 0 Å². The van der Waals surface area contributed by atoms with Gasteiger partial charge in [0, 0.05) is 24.0 Å². The fraction of sp³-hybridized carbons (Fsp3) is 0.625. The summed E-state index contributed by atoms with van der Waals surface area (Å²) in [6.07, 6.45) is 3.36. The second kappa shape index (κ2) is 8.79. The van der Waals surface area contributed by atoms with E-state index in [1.165, 1.54) is 0 Å². The van der Waals surface area contributed by atoms with Crippen LogP contribution in [0.3, 0.4) is 0 Å². The van der Waals surface area contributed by atoms with Crippen molar-refractivity contribution in [3.8, 4) is 0 Å². The molecule has 0 radical (unpaired) electrons. The fourth-order valence-corrected chi connectivity index (χ4v) is 3.84. The molecule has 0 bridgehead atoms. The third-order valence-electron chi connectivity index (χ3n) is 3.13. The molecule has 22 heavy (non-hydrogen) atoms. The van der Waals surface area contributed by atoms with Gasteiger partial charge in [-0.3, -0.25) is 4.79 Å². The lowest BCUT2D eigenvalue weighted by Crippen LogP contribution is -2.28. The maximum atomic E-state index is 10.6. The molecule has 0 saturated heterocycles. The molecule has 1 rings (SSSR count). The first kappa shape index (κ1) is 19.3. The monoisotopic (exact) mass is 343 g/mol. The Morgan fingerprint density at radius 1 is 1.27 bits per heavy atom. The van der Waals surface area contributed by atoms with E-state index in [1.54, 1.807) is 27.8 Å². The first-order chi connectivity index (χ1) is 10.2. The van der Waals surface area contributed by atoms with Crippen molar-refractivity contribution in [1.29, 1.82) is 0 Å². The number of pyridine rings is 1. The van der Waals surface area contributed by atoms with Crippen molar-refractivity contribution in [3.05, 3.63) is 24.4 Å². The first-order valence-electron chi connectivity index (χ1n) is 7.33. The van der Waals surface area contributed by atoms with Crippen LogP contribution in [0.5, 0.6) is 0 Å². The van der Waals surface area contributed by atoms with Gasteiger partial charge in [-0.05, 0) is 63.5 Å². The average molecular weight is 344 g/mol. The normalized spacial score (nSPS) is 12.4. The number of aromatic nitrogens is 1. The number of aliphatic carboxylic acids is 1. The average Bonchev–Trinajstić information content (AvgIpc) is 2.44. The van der Waals surface area contributed by atoms with Crippen molar-refractivity contribution < 1.29 is 14.6 Å². The van der Waals surface area contributed by atoms with Crippen LogP contribution in [0.2, 0.25) is 0 Å². The lowest BCUT2D eigenvalue weighted by molar-refractivity contribution is -0.138. The molecule has 1 N–H and O–H groups in total. The van der Waals surface area contributed by atoms with Crippen LogP contribution in [0.25, 0.3) is 0 Å². The van der Waals surface area contributed by atoms with Crippen molar-refractivity contribution in [2.75, 3.05) is 6.61 Å². The summed E-state index contributed by atoms with van der Waals surface area (Å²) in [6.45, 7) is 8.87. The highest BCUT2D eigenvalue weighted by Gasteiger charge is 2.24. The van der Waals surface area contributed by atoms with E-state index in [0.717, 1.165) is 11.4 Å². The van der Waals surface area contributed by atoms with Crippen LogP contribution in [-0.4, -0.2) is 33.0 Å². The van der Waals surface area contributed by atoms with E-state index in [0.29, 0.717) is 13.0 Å². The lowest BCUT2D eigenvalue weighted by atomic mass is 10.0. The van der Waals surface area contributed by atoms with Crippen LogP contribution in [0.15, 0.2) is 29.4 Å². The summed E-state index contributed by atoms with van der Waals surface area (Å²) in [5, 5.41) is 9.75. The van der Waals surface area contributed by atoms with E-state index in [2.05, 4.69) is 18.8 Å². The van der Waals surface area contributed by atoms with Crippen LogP contribution in [-0.2, 0) is 9.53 Å². The van der Waals surface area contributed by atoms with Crippen molar-refractivity contribution in [2.24, 2.45) is 0 Å². The van der Waals surface area contributed by atoms with Gasteiger partial charge in [0.1, 0.15) is 5.03 Å². The topological polar surface area (TPSA) is 59.4 Å². The minimum absolute atomic E-state index is 0.0606. The van der Waals surface area contributed by atoms with Gasteiger partial charge in [-0.2, -0.15) is 0 Å². The first-order valence-corrected chi connectivity index (χ1v) is 9.48. The maximum absolute atomic E-state index is 10.6. The SMILES string of the molecule is CC(C)(CCC(=O)O)OCCC(C)(C)SSc1ccccn1. The molecular formula is C16H25NO3S2. The molecule has 0 atom stereocenters. The fourth-order valence-electron chi connectivity index (χ4n) is 1.65. The number of carboxylic acids is 1. The molecule has 4 nitrogen and oxygen atoms in total. The Labute approximate surface area is 140 Å². The van der Waals surface area contributed by atoms with Gasteiger partial charge in [-0.25, -0.2) is 4.98 Å². The molecule has 0 fully saturated rings. The van der Waals surface area contributed by atoms with Gasteiger partial charge < -0.3 is 9.84 Å². The van der Waals surface area contributed by atoms with E-state index in [-0.39, 0.29) is 11.2 Å². The molecule has 1 aromatic rings. The summed E-state index contributed by atoms with van der Waals surface area (Å²) in [5.41, 5.74) is -0.396. The Balaban J connectivity index is 2.31. The Hall–Kier alpha value is -0.720. The zero-order valence-corrected chi connectivity index (χ0v) is 15.3. The molecule has 6 heteroatoms. The van der Waals surface area contributed by atoms with Crippen LogP contribution in [0, 0.1) is 0 Å². The minimum Gasteiger partial charge on any atom is -0.481 e. The van der Waals surface area contributed by atoms with Crippen LogP contribution >= 0.6 is 21.6 Å². The van der Waals surface area contributed by atoms with Crippen molar-refractivity contribution in [1.82, 2.24) is 4.98 Å². The van der Waals surface area contributed by atoms with E-state index in [9.17, 15) is 4.79 Å². The Morgan fingerprint density at radius 3 is 2.59 bits per heavy atom. The zero-order valence-electron chi connectivity index (χ0n) is 13.7. The third-order valence-corrected chi connectivity index (χ3v) is 6.39. The van der Waals surface area contributed by atoms with E-state index in [4.69, 9.17) is 9.84 Å². The lowest BCUT2D eigenvalue weighted by Gasteiger charge is -2.28. The molecule has 0 aliphatic carbocycles. The molecule has 0 aliphatic heterocycles. The molecule has 1 aromatic heterocycles. The van der Waals surface area contributed by atoms with Crippen LogP contribution in [0.4, 0.5) is 0 Å². The summed E-state index contributed by atoms with van der Waals surface area (Å²) in [4.78, 5) is 14.9. The molecule has 0 saturated carbocycles. The number of ether oxygens (including phenoxy) is 1. The standard InChI is InChI=1S/C16H25NO3S2/c1-15(2,9-8-14(18)19)20-12-10-16(3,4)22-21-13-7-5-6-11-17-13/h5-7,11H,8-10,12H2,1-4H3,(H,18,19). The largest absolute Gasteiger partial charge is 0.481 e. The predicted molar refractivity (Wildman–Crippen MR) is 93.3 cm³/mol. The van der Waals surface area contributed by atoms with Gasteiger partial charge in [-0.1, -0.05) is 16.9 Å². The Bertz CT molecular complexity index is 464. The van der Waals surface area contributed by atoms with Gasteiger partial charge >= 0.3 is 5.97 Å². The molecule has 0 spiro atoms. The second-order valence-electron chi connectivity index (χ2n) is 6.35. The highest BCUT2D eigenvalue weighted by molar-refractivity contribution is 8.77. The number of hydrogen-bond acceptors (Lipinski definition) is 5. The number of carbonyl (C=O) groups is 1. The van der Waals surface area contributed by atoms with Gasteiger partial charge in [0.15, 0.2) is 0 Å². The van der Waals surface area contributed by atoms with E-state index >= 15 is 0 Å². The summed E-state index contributed by atoms with van der Waals surface area (Å²) in [6, 6.07) is 5.89. The number of rotatable bonds is 10. The molecule has 0 unspecified atom stereocenters. The quantitative estimate of drug-likeness (QED) is 0.624. The Kier molecular flexibility index (Phi) is 7.72. The summed E-state index contributed by atoms with van der Waals surface area (Å²) in [5.74, 6) is -0.778. The molecule has 0 aliphatic rings. The molecule has 0 amide bonds. The van der Waals surface area contributed by atoms with Crippen LogP contribution in [0.1, 0.15) is 47.0 Å². The Morgan fingerprint density at radius 2 is 2.00 bits per heavy atom. The highest BCUT2D eigenvalue weighted by atomic mass is 33.1. The smallest absolute Gasteiger partial charge is 0.303 e. The third kappa shape index (κ3) is 8.66. The highest BCUT2D eigenvalue weighted by Crippen LogP contribution is 2.41. The predicted octanol–water partition coefficient (Wildman–Crippen LogP) is 4.65. The van der Waals surface area contributed by atoms with E-state index in [1.807, 2.05) is 32.0 Å². The summed E-state index contributed by atoms with van der Waals surface area (Å²) >= 11 is 0. The van der Waals surface area contributed by atoms with Crippen molar-refractivity contribution >= 4 is 27.6 Å². The maximum Gasteiger partial charge on any atom is 0.303 e. The number of hydrogen-bond donors (Lipinski definition) is 1. The number of nitrogens with zero attached hydrogens (tertiary/aromatic N) is 1. The summed E-state index contributed by atoms with van der Waals surface area (Å²) in [7, 11) is 3.45. The minimum atomic E-state index is -0.778. The van der Waals surface area contributed by atoms with Crippen LogP contribution < -0.4 is 0 Å². The molecular weight excluding hydrogens is 318 g/mol. The molecule has 1 heterocycles. The summed E-state index contributed by atoms with van der Waals surface area (Å²) < 4.78 is 5.93. The van der Waals surface area contributed by atoms with Gasteiger partial charge in [0.25, 0.3) is 0 Å². The number of carboxylic acid groups (broad SMARTS) is 1. The second-order valence-corrected chi connectivity index (χ2v) is 9.20.